The van der Waals surface area contributed by atoms with Gasteiger partial charge in [0.1, 0.15) is 0 Å². The van der Waals surface area contributed by atoms with Gasteiger partial charge in [0.05, 0.1) is 6.54 Å². The van der Waals surface area contributed by atoms with E-state index in [-0.39, 0.29) is 12.5 Å². The molecule has 0 aromatic heterocycles. The summed E-state index contributed by atoms with van der Waals surface area (Å²) < 4.78 is 25.7. The van der Waals surface area contributed by atoms with Crippen LogP contribution in [0.5, 0.6) is 0 Å². The van der Waals surface area contributed by atoms with E-state index in [0.29, 0.717) is 6.54 Å². The van der Waals surface area contributed by atoms with Crippen LogP contribution in [0.3, 0.4) is 0 Å². The second-order valence-corrected chi connectivity index (χ2v) is 11.9. The number of hydrogen-bond acceptors (Lipinski definition) is 3. The summed E-state index contributed by atoms with van der Waals surface area (Å²) in [6.07, 6.45) is 0. The monoisotopic (exact) mass is 236 g/mol. The maximum atomic E-state index is 11.3. The second-order valence-electron chi connectivity index (χ2n) is 4.60. The first-order valence-electron chi connectivity index (χ1n) is 4.52. The van der Waals surface area contributed by atoms with Gasteiger partial charge in [-0.2, -0.15) is 13.1 Å². The maximum Gasteiger partial charge on any atom is 0.304 e. The van der Waals surface area contributed by atoms with Gasteiger partial charge >= 0.3 is 10.2 Å². The van der Waals surface area contributed by atoms with Crippen molar-refractivity contribution < 1.29 is 13.2 Å². The third kappa shape index (κ3) is 2.79. The van der Waals surface area contributed by atoms with Gasteiger partial charge in [0.15, 0.2) is 0 Å². The zero-order chi connectivity index (χ0) is 11.0. The molecule has 1 rings (SSSR count). The Balaban J connectivity index is 2.64. The Morgan fingerprint density at radius 3 is 2.36 bits per heavy atom. The molecule has 0 aliphatic carbocycles. The fraction of sp³-hybridized carbons (Fsp3) is 0.857. The van der Waals surface area contributed by atoms with Gasteiger partial charge in [-0.3, -0.25) is 4.79 Å². The highest BCUT2D eigenvalue weighted by Crippen LogP contribution is 2.13. The lowest BCUT2D eigenvalue weighted by Crippen LogP contribution is -2.36. The van der Waals surface area contributed by atoms with Crippen LogP contribution in [0, 0.1) is 0 Å². The molecule has 1 amide bonds. The van der Waals surface area contributed by atoms with Crippen molar-refractivity contribution in [2.24, 2.45) is 0 Å². The van der Waals surface area contributed by atoms with E-state index in [4.69, 9.17) is 0 Å². The Hall–Kier alpha value is -0.403. The normalized spacial score (nSPS) is 21.6. The molecule has 0 atom stereocenters. The summed E-state index contributed by atoms with van der Waals surface area (Å²) in [7, 11) is -4.81. The summed E-state index contributed by atoms with van der Waals surface area (Å²) in [5.41, 5.74) is 0. The lowest BCUT2D eigenvalue weighted by molar-refractivity contribution is -0.123. The molecular formula is C7H16N2O3SSi. The molecule has 1 aliphatic heterocycles. The zero-order valence-electron chi connectivity index (χ0n) is 8.70. The summed E-state index contributed by atoms with van der Waals surface area (Å²) in [4.78, 5) is 11.2. The Labute approximate surface area is 85.7 Å². The van der Waals surface area contributed by atoms with Crippen molar-refractivity contribution in [1.82, 2.24) is 9.03 Å². The molecule has 1 aliphatic rings. The number of amides is 1. The van der Waals surface area contributed by atoms with Crippen molar-refractivity contribution in [3.63, 3.8) is 0 Å². The molecule has 0 aromatic rings. The van der Waals surface area contributed by atoms with E-state index in [0.717, 1.165) is 10.3 Å². The van der Waals surface area contributed by atoms with Gasteiger partial charge < -0.3 is 0 Å². The number of carbonyl (C=O) groups excluding carboxylic acids is 1. The van der Waals surface area contributed by atoms with Crippen LogP contribution in [-0.4, -0.2) is 39.8 Å². The van der Waals surface area contributed by atoms with Crippen LogP contribution in [0.15, 0.2) is 0 Å². The van der Waals surface area contributed by atoms with Crippen LogP contribution in [0.25, 0.3) is 0 Å². The first kappa shape index (κ1) is 11.7. The Morgan fingerprint density at radius 1 is 1.43 bits per heavy atom. The third-order valence-electron chi connectivity index (χ3n) is 2.04. The van der Waals surface area contributed by atoms with Crippen molar-refractivity contribution in [2.45, 2.75) is 25.7 Å². The molecule has 1 saturated heterocycles. The van der Waals surface area contributed by atoms with Gasteiger partial charge in [0.25, 0.3) is 5.91 Å². The SMILES string of the molecule is C[Si](C)(C)CCN1C(=O)CNS1(=O)=O. The summed E-state index contributed by atoms with van der Waals surface area (Å²) in [6, 6.07) is 0.805. The second kappa shape index (κ2) is 3.63. The van der Waals surface area contributed by atoms with Crippen LogP contribution in [0.4, 0.5) is 0 Å². The van der Waals surface area contributed by atoms with E-state index in [2.05, 4.69) is 24.4 Å². The highest BCUT2D eigenvalue weighted by atomic mass is 32.2. The molecule has 1 fully saturated rings. The molecule has 0 aromatic carbocycles. The summed E-state index contributed by atoms with van der Waals surface area (Å²) in [5, 5.41) is 0. The molecule has 0 unspecified atom stereocenters. The summed E-state index contributed by atoms with van der Waals surface area (Å²) >= 11 is 0. The fourth-order valence-electron chi connectivity index (χ4n) is 1.13. The Kier molecular flexibility index (Phi) is 3.03. The number of nitrogens with zero attached hydrogens (tertiary/aromatic N) is 1. The maximum absolute atomic E-state index is 11.3. The van der Waals surface area contributed by atoms with Gasteiger partial charge in [-0.1, -0.05) is 19.6 Å². The highest BCUT2D eigenvalue weighted by molar-refractivity contribution is 7.88. The lowest BCUT2D eigenvalue weighted by Gasteiger charge is -2.20. The number of rotatable bonds is 3. The summed E-state index contributed by atoms with van der Waals surface area (Å²) in [6.45, 7) is 6.67. The van der Waals surface area contributed by atoms with E-state index in [1.54, 1.807) is 0 Å². The van der Waals surface area contributed by atoms with Gasteiger partial charge in [-0.05, 0) is 6.04 Å². The minimum Gasteiger partial charge on any atom is -0.272 e. The van der Waals surface area contributed by atoms with E-state index in [1.807, 2.05) is 0 Å². The van der Waals surface area contributed by atoms with Crippen molar-refractivity contribution in [3.8, 4) is 0 Å². The van der Waals surface area contributed by atoms with E-state index >= 15 is 0 Å². The van der Waals surface area contributed by atoms with Crippen LogP contribution >= 0.6 is 0 Å². The number of hydrogen-bond donors (Lipinski definition) is 1. The molecule has 7 heteroatoms. The Bertz CT molecular complexity index is 333. The Morgan fingerprint density at radius 2 is 2.00 bits per heavy atom. The van der Waals surface area contributed by atoms with Crippen molar-refractivity contribution in [3.05, 3.63) is 0 Å². The molecule has 0 saturated carbocycles. The molecule has 82 valence electrons. The molecular weight excluding hydrogens is 220 g/mol. The number of nitrogens with one attached hydrogen (secondary N) is 1. The molecule has 0 radical (unpaired) electrons. The molecule has 1 N–H and O–H groups in total. The standard InChI is InChI=1S/C7H16N2O3SSi/c1-14(2,3)5-4-9-7(10)6-8-13(9,11)12/h8H,4-6H2,1-3H3. The average molecular weight is 236 g/mol. The highest BCUT2D eigenvalue weighted by Gasteiger charge is 2.34. The predicted molar refractivity (Wildman–Crippen MR) is 56.8 cm³/mol. The van der Waals surface area contributed by atoms with Crippen molar-refractivity contribution in [1.29, 1.82) is 0 Å². The quantitative estimate of drug-likeness (QED) is 0.702. The molecule has 1 heterocycles. The van der Waals surface area contributed by atoms with E-state index < -0.39 is 18.3 Å². The topological polar surface area (TPSA) is 66.5 Å². The molecule has 14 heavy (non-hydrogen) atoms. The van der Waals surface area contributed by atoms with Gasteiger partial charge in [0.2, 0.25) is 0 Å². The first-order valence-corrected chi connectivity index (χ1v) is 9.67. The molecule has 0 bridgehead atoms. The molecule has 5 nitrogen and oxygen atoms in total. The zero-order valence-corrected chi connectivity index (χ0v) is 10.5. The third-order valence-corrected chi connectivity index (χ3v) is 5.24. The number of carbonyl (C=O) groups is 1. The first-order chi connectivity index (χ1) is 6.22. The van der Waals surface area contributed by atoms with Crippen LogP contribution < -0.4 is 4.72 Å². The van der Waals surface area contributed by atoms with Crippen molar-refractivity contribution in [2.75, 3.05) is 13.1 Å². The minimum absolute atomic E-state index is 0.0893. The van der Waals surface area contributed by atoms with Gasteiger partial charge in [-0.15, -0.1) is 0 Å². The molecule has 0 spiro atoms. The predicted octanol–water partition coefficient (Wildman–Crippen LogP) is 0.00120. The lowest BCUT2D eigenvalue weighted by atomic mass is 10.6. The van der Waals surface area contributed by atoms with Crippen LogP contribution in [0.2, 0.25) is 25.7 Å². The van der Waals surface area contributed by atoms with Crippen LogP contribution in [0.1, 0.15) is 0 Å². The average Bonchev–Trinajstić information content (AvgIpc) is 2.22. The smallest absolute Gasteiger partial charge is 0.272 e. The van der Waals surface area contributed by atoms with Gasteiger partial charge in [-0.25, -0.2) is 4.31 Å². The fourth-order valence-corrected chi connectivity index (χ4v) is 3.32. The largest absolute Gasteiger partial charge is 0.304 e. The summed E-state index contributed by atoms with van der Waals surface area (Å²) in [5.74, 6) is -0.344. The van der Waals surface area contributed by atoms with Crippen molar-refractivity contribution >= 4 is 24.2 Å². The van der Waals surface area contributed by atoms with E-state index in [9.17, 15) is 13.2 Å². The van der Waals surface area contributed by atoms with Gasteiger partial charge in [0, 0.05) is 14.6 Å². The van der Waals surface area contributed by atoms with E-state index in [1.165, 1.54) is 0 Å². The minimum atomic E-state index is -3.50. The van der Waals surface area contributed by atoms with Crippen LogP contribution in [-0.2, 0) is 15.0 Å².